The Morgan fingerprint density at radius 1 is 1.09 bits per heavy atom. The molecular formula is C24H32N4O6S. The summed E-state index contributed by atoms with van der Waals surface area (Å²) in [4.78, 5) is 38.1. The molecule has 2 aromatic rings. The smallest absolute Gasteiger partial charge is 0.271 e. The van der Waals surface area contributed by atoms with E-state index in [1.807, 2.05) is 45.0 Å². The van der Waals surface area contributed by atoms with Gasteiger partial charge in [-0.25, -0.2) is 8.42 Å². The highest BCUT2D eigenvalue weighted by Gasteiger charge is 2.30. The van der Waals surface area contributed by atoms with E-state index in [1.165, 1.54) is 23.1 Å². The summed E-state index contributed by atoms with van der Waals surface area (Å²) in [5.41, 5.74) is 1.44. The van der Waals surface area contributed by atoms with Gasteiger partial charge < -0.3 is 10.2 Å². The Labute approximate surface area is 206 Å². The van der Waals surface area contributed by atoms with Gasteiger partial charge in [0.05, 0.1) is 16.9 Å². The molecule has 0 spiro atoms. The molecule has 1 N–H and O–H groups in total. The summed E-state index contributed by atoms with van der Waals surface area (Å²) in [6.07, 6.45) is 0.919. The van der Waals surface area contributed by atoms with Crippen molar-refractivity contribution < 1.29 is 22.9 Å². The highest BCUT2D eigenvalue weighted by Crippen LogP contribution is 2.24. The summed E-state index contributed by atoms with van der Waals surface area (Å²) >= 11 is 0. The highest BCUT2D eigenvalue weighted by molar-refractivity contribution is 7.92. The lowest BCUT2D eigenvalue weighted by Gasteiger charge is -2.31. The molecule has 10 nitrogen and oxygen atoms in total. The number of amides is 2. The van der Waals surface area contributed by atoms with Crippen LogP contribution < -0.4 is 9.62 Å². The first kappa shape index (κ1) is 27.8. The largest absolute Gasteiger partial charge is 0.354 e. The van der Waals surface area contributed by atoms with Crippen LogP contribution in [-0.4, -0.2) is 55.4 Å². The quantitative estimate of drug-likeness (QED) is 0.370. The molecule has 190 valence electrons. The van der Waals surface area contributed by atoms with Crippen molar-refractivity contribution in [3.63, 3.8) is 0 Å². The zero-order valence-electron chi connectivity index (χ0n) is 20.6. The lowest BCUT2D eigenvalue weighted by Crippen LogP contribution is -2.51. The Balaban J connectivity index is 2.41. The molecule has 1 atom stereocenters. The number of hydrogen-bond donors (Lipinski definition) is 1. The number of nitrogens with one attached hydrogen (secondary N) is 1. The number of rotatable bonds is 11. The van der Waals surface area contributed by atoms with E-state index in [0.717, 1.165) is 27.8 Å². The molecule has 0 aliphatic rings. The van der Waals surface area contributed by atoms with E-state index in [4.69, 9.17) is 0 Å². The number of carbonyl (C=O) groups excluding carboxylic acids is 2. The predicted octanol–water partition coefficient (Wildman–Crippen LogP) is 2.86. The Morgan fingerprint density at radius 3 is 2.31 bits per heavy atom. The van der Waals surface area contributed by atoms with Gasteiger partial charge in [-0.2, -0.15) is 0 Å². The SMILES string of the molecule is Cc1cccc(CN(C(=O)CN(c2cccc([N+](=O)[O-])c2)S(C)(=O)=O)C(C)C(=O)NCC(C)C)c1. The number of aryl methyl sites for hydroxylation is 1. The van der Waals surface area contributed by atoms with Gasteiger partial charge >= 0.3 is 0 Å². The van der Waals surface area contributed by atoms with Gasteiger partial charge in [-0.3, -0.25) is 24.0 Å². The first-order valence-corrected chi connectivity index (χ1v) is 13.0. The third-order valence-electron chi connectivity index (χ3n) is 5.29. The lowest BCUT2D eigenvalue weighted by molar-refractivity contribution is -0.384. The predicted molar refractivity (Wildman–Crippen MR) is 134 cm³/mol. The fourth-order valence-corrected chi connectivity index (χ4v) is 4.26. The third kappa shape index (κ3) is 8.06. The number of benzene rings is 2. The molecule has 2 aromatic carbocycles. The van der Waals surface area contributed by atoms with E-state index in [1.54, 1.807) is 6.92 Å². The van der Waals surface area contributed by atoms with Crippen LogP contribution in [0.2, 0.25) is 0 Å². The van der Waals surface area contributed by atoms with E-state index < -0.39 is 33.4 Å². The van der Waals surface area contributed by atoms with Crippen molar-refractivity contribution in [1.29, 1.82) is 0 Å². The Hall–Kier alpha value is -3.47. The normalized spacial score (nSPS) is 12.2. The molecule has 11 heteroatoms. The summed E-state index contributed by atoms with van der Waals surface area (Å²) in [6.45, 7) is 7.28. The molecule has 0 radical (unpaired) electrons. The summed E-state index contributed by atoms with van der Waals surface area (Å²) in [5.74, 6) is -0.765. The number of nitro groups is 1. The second-order valence-corrected chi connectivity index (χ2v) is 10.8. The first-order chi connectivity index (χ1) is 16.3. The Morgan fingerprint density at radius 2 is 1.74 bits per heavy atom. The van der Waals surface area contributed by atoms with Gasteiger partial charge in [0.2, 0.25) is 21.8 Å². The topological polar surface area (TPSA) is 130 Å². The van der Waals surface area contributed by atoms with Crippen molar-refractivity contribution in [2.75, 3.05) is 23.7 Å². The van der Waals surface area contributed by atoms with E-state index in [-0.39, 0.29) is 29.7 Å². The van der Waals surface area contributed by atoms with Gasteiger partial charge in [0.15, 0.2) is 0 Å². The van der Waals surface area contributed by atoms with E-state index in [0.29, 0.717) is 6.54 Å². The Kier molecular flexibility index (Phi) is 9.35. The minimum atomic E-state index is -3.97. The van der Waals surface area contributed by atoms with Crippen molar-refractivity contribution in [2.24, 2.45) is 5.92 Å². The molecule has 0 saturated carbocycles. The van der Waals surface area contributed by atoms with E-state index >= 15 is 0 Å². The van der Waals surface area contributed by atoms with E-state index in [9.17, 15) is 28.1 Å². The molecule has 1 unspecified atom stereocenters. The summed E-state index contributed by atoms with van der Waals surface area (Å²) in [7, 11) is -3.97. The molecule has 2 amide bonds. The fraction of sp³-hybridized carbons (Fsp3) is 0.417. The maximum Gasteiger partial charge on any atom is 0.271 e. The third-order valence-corrected chi connectivity index (χ3v) is 6.44. The fourth-order valence-electron chi connectivity index (χ4n) is 3.42. The van der Waals surface area contributed by atoms with Crippen LogP contribution in [0.5, 0.6) is 0 Å². The minimum absolute atomic E-state index is 0.0116. The van der Waals surface area contributed by atoms with Gasteiger partial charge in [-0.05, 0) is 31.4 Å². The molecule has 0 saturated heterocycles. The van der Waals surface area contributed by atoms with Crippen LogP contribution in [0.15, 0.2) is 48.5 Å². The minimum Gasteiger partial charge on any atom is -0.354 e. The summed E-state index contributed by atoms with van der Waals surface area (Å²) in [5, 5.41) is 14.0. The van der Waals surface area contributed by atoms with Gasteiger partial charge in [-0.1, -0.05) is 49.7 Å². The van der Waals surface area contributed by atoms with Gasteiger partial charge in [-0.15, -0.1) is 0 Å². The average Bonchev–Trinajstić information content (AvgIpc) is 2.78. The van der Waals surface area contributed by atoms with Crippen LogP contribution >= 0.6 is 0 Å². The molecule has 2 rings (SSSR count). The number of nitro benzene ring substituents is 1. The van der Waals surface area contributed by atoms with Crippen molar-refractivity contribution in [1.82, 2.24) is 10.2 Å². The molecule has 0 aliphatic carbocycles. The summed E-state index contributed by atoms with van der Waals surface area (Å²) < 4.78 is 25.9. The summed E-state index contributed by atoms with van der Waals surface area (Å²) in [6, 6.07) is 11.6. The molecular weight excluding hydrogens is 472 g/mol. The number of non-ortho nitro benzene ring substituents is 1. The molecule has 0 aliphatic heterocycles. The molecule has 0 bridgehead atoms. The number of anilines is 1. The van der Waals surface area contributed by atoms with Crippen LogP contribution in [0, 0.1) is 23.0 Å². The monoisotopic (exact) mass is 504 g/mol. The van der Waals surface area contributed by atoms with Crippen LogP contribution in [0.3, 0.4) is 0 Å². The van der Waals surface area contributed by atoms with Crippen LogP contribution in [0.4, 0.5) is 11.4 Å². The second-order valence-electron chi connectivity index (χ2n) is 8.87. The average molecular weight is 505 g/mol. The zero-order valence-corrected chi connectivity index (χ0v) is 21.4. The number of sulfonamides is 1. The zero-order chi connectivity index (χ0) is 26.3. The van der Waals surface area contributed by atoms with Gasteiger partial charge in [0, 0.05) is 25.2 Å². The molecule has 0 heterocycles. The van der Waals surface area contributed by atoms with Crippen molar-refractivity contribution in [3.05, 3.63) is 69.8 Å². The Bertz CT molecular complexity index is 1180. The van der Waals surface area contributed by atoms with Crippen LogP contribution in [-0.2, 0) is 26.2 Å². The standard InChI is InChI=1S/C24H32N4O6S/c1-17(2)14-25-24(30)19(4)26(15-20-9-6-8-18(3)12-20)23(29)16-27(35(5,33)34)21-10-7-11-22(13-21)28(31)32/h6-13,17,19H,14-16H2,1-5H3,(H,25,30). The van der Waals surface area contributed by atoms with Crippen molar-refractivity contribution in [3.8, 4) is 0 Å². The van der Waals surface area contributed by atoms with Gasteiger partial charge in [0.1, 0.15) is 12.6 Å². The first-order valence-electron chi connectivity index (χ1n) is 11.1. The highest BCUT2D eigenvalue weighted by atomic mass is 32.2. The number of carbonyl (C=O) groups is 2. The number of hydrogen-bond acceptors (Lipinski definition) is 6. The van der Waals surface area contributed by atoms with Crippen molar-refractivity contribution in [2.45, 2.75) is 40.3 Å². The van der Waals surface area contributed by atoms with Crippen LogP contribution in [0.25, 0.3) is 0 Å². The lowest BCUT2D eigenvalue weighted by atomic mass is 10.1. The number of nitrogens with zero attached hydrogens (tertiary/aromatic N) is 3. The second kappa shape index (κ2) is 11.8. The maximum absolute atomic E-state index is 13.5. The van der Waals surface area contributed by atoms with Crippen molar-refractivity contribution >= 4 is 33.2 Å². The molecule has 0 aromatic heterocycles. The van der Waals surface area contributed by atoms with Crippen LogP contribution in [0.1, 0.15) is 31.9 Å². The molecule has 35 heavy (non-hydrogen) atoms. The van der Waals surface area contributed by atoms with E-state index in [2.05, 4.69) is 5.32 Å². The van der Waals surface area contributed by atoms with Gasteiger partial charge in [0.25, 0.3) is 5.69 Å². The molecule has 0 fully saturated rings. The maximum atomic E-state index is 13.5.